The summed E-state index contributed by atoms with van der Waals surface area (Å²) in [4.78, 5) is 22.3. The van der Waals surface area contributed by atoms with Crippen LogP contribution in [0.5, 0.6) is 0 Å². The summed E-state index contributed by atoms with van der Waals surface area (Å²) in [5.41, 5.74) is -1.39. The van der Waals surface area contributed by atoms with Gasteiger partial charge < -0.3 is 10.2 Å². The fraction of sp³-hybridized carbons (Fsp3) is 0.833. The van der Waals surface area contributed by atoms with Crippen molar-refractivity contribution >= 4 is 11.9 Å². The summed E-state index contributed by atoms with van der Waals surface area (Å²) in [7, 11) is 0. The van der Waals surface area contributed by atoms with Crippen molar-refractivity contribution in [2.75, 3.05) is 0 Å². The lowest BCUT2D eigenvalue weighted by Gasteiger charge is -2.52. The van der Waals surface area contributed by atoms with Crippen LogP contribution in [0.3, 0.4) is 0 Å². The maximum absolute atomic E-state index is 11.1. The van der Waals surface area contributed by atoms with Crippen molar-refractivity contribution in [2.45, 2.75) is 38.5 Å². The first kappa shape index (κ1) is 10.1. The molecular formula is C12H16O4. The van der Waals surface area contributed by atoms with Crippen molar-refractivity contribution in [1.82, 2.24) is 0 Å². The van der Waals surface area contributed by atoms with E-state index in [4.69, 9.17) is 10.2 Å². The van der Waals surface area contributed by atoms with E-state index in [1.54, 1.807) is 0 Å². The van der Waals surface area contributed by atoms with Crippen LogP contribution in [0.25, 0.3) is 0 Å². The summed E-state index contributed by atoms with van der Waals surface area (Å²) in [6.07, 6.45) is 5.47. The second-order valence-electron chi connectivity index (χ2n) is 5.83. The molecule has 0 aromatic carbocycles. The predicted octanol–water partition coefficient (Wildman–Crippen LogP) is 1.74. The van der Waals surface area contributed by atoms with Crippen LogP contribution in [-0.4, -0.2) is 22.2 Å². The topological polar surface area (TPSA) is 74.6 Å². The summed E-state index contributed by atoms with van der Waals surface area (Å²) >= 11 is 0. The molecule has 3 rings (SSSR count). The van der Waals surface area contributed by atoms with E-state index in [-0.39, 0.29) is 5.41 Å². The molecule has 88 valence electrons. The lowest BCUT2D eigenvalue weighted by molar-refractivity contribution is -0.188. The molecule has 2 bridgehead atoms. The lowest BCUT2D eigenvalue weighted by Crippen LogP contribution is -2.57. The van der Waals surface area contributed by atoms with Gasteiger partial charge in [-0.2, -0.15) is 0 Å². The molecule has 0 saturated heterocycles. The molecule has 16 heavy (non-hydrogen) atoms. The number of carboxylic acids is 2. The number of carbonyl (C=O) groups is 2. The molecule has 3 saturated carbocycles. The molecule has 0 unspecified atom stereocenters. The van der Waals surface area contributed by atoms with Gasteiger partial charge in [-0.1, -0.05) is 0 Å². The summed E-state index contributed by atoms with van der Waals surface area (Å²) in [5.74, 6) is -1.08. The van der Waals surface area contributed by atoms with E-state index in [0.29, 0.717) is 24.7 Å². The average Bonchev–Trinajstić information content (AvgIpc) is 2.67. The molecule has 4 heteroatoms. The van der Waals surface area contributed by atoms with E-state index in [1.165, 1.54) is 25.7 Å². The molecule has 0 radical (unpaired) electrons. The van der Waals surface area contributed by atoms with Crippen molar-refractivity contribution < 1.29 is 19.8 Å². The Morgan fingerprint density at radius 2 is 1.25 bits per heavy atom. The highest BCUT2D eigenvalue weighted by molar-refractivity contribution is 5.99. The van der Waals surface area contributed by atoms with Crippen molar-refractivity contribution in [1.29, 1.82) is 0 Å². The van der Waals surface area contributed by atoms with Gasteiger partial charge in [-0.05, 0) is 55.8 Å². The van der Waals surface area contributed by atoms with Gasteiger partial charge in [0, 0.05) is 0 Å². The quantitative estimate of drug-likeness (QED) is 0.700. The lowest BCUT2D eigenvalue weighted by atomic mass is 9.48. The highest BCUT2D eigenvalue weighted by Gasteiger charge is 2.71. The van der Waals surface area contributed by atoms with Gasteiger partial charge in [-0.3, -0.25) is 9.59 Å². The van der Waals surface area contributed by atoms with Crippen molar-refractivity contribution in [3.8, 4) is 0 Å². The fourth-order valence-corrected chi connectivity index (χ4v) is 4.62. The number of aliphatic carboxylic acids is 2. The molecule has 0 aromatic rings. The third kappa shape index (κ3) is 0.913. The smallest absolute Gasteiger partial charge is 0.321 e. The Hall–Kier alpha value is -1.06. The molecule has 0 amide bonds. The first-order chi connectivity index (χ1) is 7.51. The Kier molecular flexibility index (Phi) is 1.76. The maximum Gasteiger partial charge on any atom is 0.321 e. The van der Waals surface area contributed by atoms with E-state index in [1.807, 2.05) is 0 Å². The van der Waals surface area contributed by atoms with Crippen LogP contribution in [0.2, 0.25) is 0 Å². The molecule has 3 fully saturated rings. The first-order valence-corrected chi connectivity index (χ1v) is 5.98. The molecule has 0 aliphatic heterocycles. The normalized spacial score (nSPS) is 37.2. The van der Waals surface area contributed by atoms with E-state index in [2.05, 4.69) is 0 Å². The maximum atomic E-state index is 11.1. The second-order valence-corrected chi connectivity index (χ2v) is 5.83. The fourth-order valence-electron chi connectivity index (χ4n) is 4.62. The zero-order valence-electron chi connectivity index (χ0n) is 9.11. The Morgan fingerprint density at radius 3 is 1.56 bits per heavy atom. The molecule has 3 aliphatic carbocycles. The van der Waals surface area contributed by atoms with Crippen LogP contribution in [-0.2, 0) is 9.59 Å². The van der Waals surface area contributed by atoms with Gasteiger partial charge in [0.1, 0.15) is 0 Å². The SMILES string of the molecule is O=C(O)C1(C(=O)O)CC2(C1)C1CCC2CC1. The van der Waals surface area contributed by atoms with E-state index in [9.17, 15) is 9.59 Å². The van der Waals surface area contributed by atoms with Crippen LogP contribution in [0.15, 0.2) is 0 Å². The van der Waals surface area contributed by atoms with Gasteiger partial charge >= 0.3 is 11.9 Å². The van der Waals surface area contributed by atoms with Crippen LogP contribution < -0.4 is 0 Å². The number of hydrogen-bond donors (Lipinski definition) is 2. The van der Waals surface area contributed by atoms with Crippen molar-refractivity contribution in [3.05, 3.63) is 0 Å². The van der Waals surface area contributed by atoms with Gasteiger partial charge in [-0.15, -0.1) is 0 Å². The number of carboxylic acid groups (broad SMARTS) is 2. The standard InChI is InChI=1S/C12H16O4/c13-9(14)12(10(15)16)5-11(6-12)7-1-2-8(11)4-3-7/h7-8H,1-6H2,(H,13,14)(H,15,16). The summed E-state index contributed by atoms with van der Waals surface area (Å²) < 4.78 is 0. The molecular weight excluding hydrogens is 208 g/mol. The minimum atomic E-state index is -1.47. The van der Waals surface area contributed by atoms with Gasteiger partial charge in [0.15, 0.2) is 5.41 Å². The largest absolute Gasteiger partial charge is 0.480 e. The van der Waals surface area contributed by atoms with Crippen LogP contribution >= 0.6 is 0 Å². The molecule has 3 aliphatic rings. The minimum Gasteiger partial charge on any atom is -0.480 e. The van der Waals surface area contributed by atoms with Gasteiger partial charge in [0.25, 0.3) is 0 Å². The Bertz CT molecular complexity index is 329. The minimum absolute atomic E-state index is 0.0801. The van der Waals surface area contributed by atoms with E-state index < -0.39 is 17.4 Å². The molecule has 0 atom stereocenters. The number of rotatable bonds is 2. The third-order valence-electron chi connectivity index (χ3n) is 5.43. The van der Waals surface area contributed by atoms with Crippen LogP contribution in [0, 0.1) is 22.7 Å². The third-order valence-corrected chi connectivity index (χ3v) is 5.43. The molecule has 0 heterocycles. The van der Waals surface area contributed by atoms with Crippen LogP contribution in [0.4, 0.5) is 0 Å². The monoisotopic (exact) mass is 224 g/mol. The molecule has 0 aromatic heterocycles. The highest BCUT2D eigenvalue weighted by atomic mass is 16.4. The molecule has 1 spiro atoms. The Balaban J connectivity index is 1.87. The average molecular weight is 224 g/mol. The van der Waals surface area contributed by atoms with E-state index >= 15 is 0 Å². The van der Waals surface area contributed by atoms with Gasteiger partial charge in [0.05, 0.1) is 0 Å². The zero-order valence-corrected chi connectivity index (χ0v) is 9.11. The zero-order chi connectivity index (χ0) is 11.6. The summed E-state index contributed by atoms with van der Waals surface area (Å²) in [6.45, 7) is 0. The summed E-state index contributed by atoms with van der Waals surface area (Å²) in [5, 5.41) is 18.2. The highest BCUT2D eigenvalue weighted by Crippen LogP contribution is 2.72. The van der Waals surface area contributed by atoms with Crippen molar-refractivity contribution in [3.63, 3.8) is 0 Å². The van der Waals surface area contributed by atoms with Gasteiger partial charge in [0.2, 0.25) is 0 Å². The number of hydrogen-bond acceptors (Lipinski definition) is 2. The second kappa shape index (κ2) is 2.79. The molecule has 4 nitrogen and oxygen atoms in total. The van der Waals surface area contributed by atoms with Crippen LogP contribution in [0.1, 0.15) is 38.5 Å². The Morgan fingerprint density at radius 1 is 0.875 bits per heavy atom. The predicted molar refractivity (Wildman–Crippen MR) is 54.8 cm³/mol. The molecule has 2 N–H and O–H groups in total. The summed E-state index contributed by atoms with van der Waals surface area (Å²) in [6, 6.07) is 0. The Labute approximate surface area is 93.6 Å². The first-order valence-electron chi connectivity index (χ1n) is 5.98. The van der Waals surface area contributed by atoms with Gasteiger partial charge in [-0.25, -0.2) is 0 Å². The van der Waals surface area contributed by atoms with E-state index in [0.717, 1.165) is 0 Å². The van der Waals surface area contributed by atoms with Crippen molar-refractivity contribution in [2.24, 2.45) is 22.7 Å².